The van der Waals surface area contributed by atoms with Crippen molar-refractivity contribution < 1.29 is 9.72 Å². The Morgan fingerprint density at radius 3 is 2.68 bits per heavy atom. The van der Waals surface area contributed by atoms with E-state index in [0.29, 0.717) is 12.2 Å². The first-order valence-electron chi connectivity index (χ1n) is 6.27. The van der Waals surface area contributed by atoms with Crippen LogP contribution in [-0.2, 0) is 0 Å². The van der Waals surface area contributed by atoms with Gasteiger partial charge in [-0.3, -0.25) is 19.8 Å². The summed E-state index contributed by atoms with van der Waals surface area (Å²) in [6.07, 6.45) is 4.03. The first kappa shape index (κ1) is 15.4. The number of hydrogen-bond donors (Lipinski definition) is 0. The van der Waals surface area contributed by atoms with Crippen LogP contribution < -0.4 is 4.90 Å². The van der Waals surface area contributed by atoms with E-state index in [-0.39, 0.29) is 5.69 Å². The lowest BCUT2D eigenvalue weighted by Gasteiger charge is -2.19. The Kier molecular flexibility index (Phi) is 6.29. The van der Waals surface area contributed by atoms with Crippen LogP contribution in [0.4, 0.5) is 16.2 Å². The molecule has 1 amide bonds. The molecule has 0 saturated carbocycles. The molecule has 0 unspecified atom stereocenters. The van der Waals surface area contributed by atoms with Crippen molar-refractivity contribution in [1.29, 1.82) is 0 Å². The third-order valence-corrected chi connectivity index (χ3v) is 3.00. The van der Waals surface area contributed by atoms with Crippen molar-refractivity contribution in [1.82, 2.24) is 0 Å². The second kappa shape index (κ2) is 7.74. The van der Waals surface area contributed by atoms with Gasteiger partial charge in [-0.1, -0.05) is 32.3 Å². The number of carbonyl (C=O) groups is 1. The van der Waals surface area contributed by atoms with Crippen molar-refractivity contribution >= 4 is 28.3 Å². The van der Waals surface area contributed by atoms with Crippen molar-refractivity contribution in [2.75, 3.05) is 11.4 Å². The number of nitro groups is 1. The number of halogens is 1. The number of carbonyl (C=O) groups excluding carboxylic acids is 1. The van der Waals surface area contributed by atoms with Crippen LogP contribution in [-0.4, -0.2) is 16.8 Å². The highest BCUT2D eigenvalue weighted by Crippen LogP contribution is 2.22. The monoisotopic (exact) mass is 284 g/mol. The molecule has 0 atom stereocenters. The van der Waals surface area contributed by atoms with Gasteiger partial charge in [0.15, 0.2) is 0 Å². The van der Waals surface area contributed by atoms with E-state index >= 15 is 0 Å². The lowest BCUT2D eigenvalue weighted by Crippen LogP contribution is -2.26. The highest BCUT2D eigenvalue weighted by molar-refractivity contribution is 6.66. The van der Waals surface area contributed by atoms with Gasteiger partial charge in [0.1, 0.15) is 0 Å². The fourth-order valence-corrected chi connectivity index (χ4v) is 1.97. The summed E-state index contributed by atoms with van der Waals surface area (Å²) in [6, 6.07) is 5.94. The predicted molar refractivity (Wildman–Crippen MR) is 75.8 cm³/mol. The molecule has 0 heterocycles. The number of benzene rings is 1. The van der Waals surface area contributed by atoms with Crippen molar-refractivity contribution in [3.8, 4) is 0 Å². The quantitative estimate of drug-likeness (QED) is 0.246. The van der Waals surface area contributed by atoms with Crippen molar-refractivity contribution in [3.05, 3.63) is 34.4 Å². The van der Waals surface area contributed by atoms with E-state index in [0.717, 1.165) is 25.7 Å². The Morgan fingerprint density at radius 1 is 1.37 bits per heavy atom. The van der Waals surface area contributed by atoms with Gasteiger partial charge >= 0.3 is 5.37 Å². The highest BCUT2D eigenvalue weighted by atomic mass is 35.5. The van der Waals surface area contributed by atoms with E-state index in [1.807, 2.05) is 0 Å². The predicted octanol–water partition coefficient (Wildman–Crippen LogP) is 4.34. The maximum Gasteiger partial charge on any atom is 0.320 e. The van der Waals surface area contributed by atoms with E-state index in [1.54, 1.807) is 12.1 Å². The molecule has 6 heteroatoms. The highest BCUT2D eigenvalue weighted by Gasteiger charge is 2.15. The van der Waals surface area contributed by atoms with Crippen LogP contribution in [0.5, 0.6) is 0 Å². The summed E-state index contributed by atoms with van der Waals surface area (Å²) in [5, 5.41) is 10.1. The molecule has 0 saturated heterocycles. The Balaban J connectivity index is 2.78. The van der Waals surface area contributed by atoms with Gasteiger partial charge in [-0.05, 0) is 24.1 Å². The molecule has 104 valence electrons. The van der Waals surface area contributed by atoms with Gasteiger partial charge in [-0.25, -0.2) is 0 Å². The van der Waals surface area contributed by atoms with E-state index in [4.69, 9.17) is 11.6 Å². The summed E-state index contributed by atoms with van der Waals surface area (Å²) in [5.74, 6) is 0. The normalized spacial score (nSPS) is 10.2. The summed E-state index contributed by atoms with van der Waals surface area (Å²) >= 11 is 5.54. The van der Waals surface area contributed by atoms with Gasteiger partial charge in [0.25, 0.3) is 5.69 Å². The standard InChI is InChI=1S/C13H17ClN2O3/c1-2-3-4-5-9-15(13(14)17)11-7-6-8-12(10-11)16(18)19/h6-8,10H,2-5,9H2,1H3. The first-order valence-corrected chi connectivity index (χ1v) is 6.65. The SMILES string of the molecule is CCCCCCN(C(=O)Cl)c1cccc([N+](=O)[O-])c1. The molecule has 0 fully saturated rings. The van der Waals surface area contributed by atoms with Gasteiger partial charge in [0, 0.05) is 18.7 Å². The minimum absolute atomic E-state index is 0.0472. The Hall–Kier alpha value is -1.62. The van der Waals surface area contributed by atoms with Crippen molar-refractivity contribution in [2.45, 2.75) is 32.6 Å². The number of nitro benzene ring substituents is 1. The number of anilines is 1. The smallest absolute Gasteiger partial charge is 0.299 e. The van der Waals surface area contributed by atoms with E-state index in [2.05, 4.69) is 6.92 Å². The van der Waals surface area contributed by atoms with E-state index < -0.39 is 10.3 Å². The van der Waals surface area contributed by atoms with Gasteiger partial charge in [-0.2, -0.15) is 0 Å². The maximum absolute atomic E-state index is 11.4. The summed E-state index contributed by atoms with van der Waals surface area (Å²) in [4.78, 5) is 23.0. The van der Waals surface area contributed by atoms with Gasteiger partial charge < -0.3 is 0 Å². The van der Waals surface area contributed by atoms with Gasteiger partial charge in [-0.15, -0.1) is 0 Å². The van der Waals surface area contributed by atoms with Crippen LogP contribution in [0, 0.1) is 10.1 Å². The zero-order chi connectivity index (χ0) is 14.3. The average Bonchev–Trinajstić information content (AvgIpc) is 2.38. The van der Waals surface area contributed by atoms with E-state index in [1.165, 1.54) is 17.0 Å². The molecule has 1 rings (SSSR count). The summed E-state index contributed by atoms with van der Waals surface area (Å²) in [6.45, 7) is 2.58. The lowest BCUT2D eigenvalue weighted by molar-refractivity contribution is -0.384. The van der Waals surface area contributed by atoms with Crippen LogP contribution in [0.2, 0.25) is 0 Å². The molecule has 0 spiro atoms. The molecule has 0 aliphatic rings. The number of non-ortho nitro benzene ring substituents is 1. The number of hydrogen-bond acceptors (Lipinski definition) is 3. The fraction of sp³-hybridized carbons (Fsp3) is 0.462. The number of amides is 1. The minimum Gasteiger partial charge on any atom is -0.299 e. The molecule has 0 aliphatic carbocycles. The second-order valence-electron chi connectivity index (χ2n) is 4.24. The summed E-state index contributed by atoms with van der Waals surface area (Å²) < 4.78 is 0. The molecule has 19 heavy (non-hydrogen) atoms. The Morgan fingerprint density at radius 2 is 2.11 bits per heavy atom. The van der Waals surface area contributed by atoms with Crippen molar-refractivity contribution in [2.24, 2.45) is 0 Å². The van der Waals surface area contributed by atoms with Crippen LogP contribution in [0.3, 0.4) is 0 Å². The van der Waals surface area contributed by atoms with Gasteiger partial charge in [0.2, 0.25) is 0 Å². The Labute approximate surface area is 117 Å². The Bertz CT molecular complexity index is 451. The van der Waals surface area contributed by atoms with Crippen LogP contribution in [0.25, 0.3) is 0 Å². The topological polar surface area (TPSA) is 63.5 Å². The average molecular weight is 285 g/mol. The van der Waals surface area contributed by atoms with Crippen LogP contribution in [0.1, 0.15) is 32.6 Å². The first-order chi connectivity index (χ1) is 9.06. The third-order valence-electron chi connectivity index (χ3n) is 2.80. The zero-order valence-electron chi connectivity index (χ0n) is 10.8. The largest absolute Gasteiger partial charge is 0.320 e. The fourth-order valence-electron chi connectivity index (χ4n) is 1.79. The van der Waals surface area contributed by atoms with Gasteiger partial charge in [0.05, 0.1) is 10.6 Å². The maximum atomic E-state index is 11.4. The summed E-state index contributed by atoms with van der Waals surface area (Å²) in [7, 11) is 0. The molecule has 0 N–H and O–H groups in total. The van der Waals surface area contributed by atoms with Crippen LogP contribution in [0.15, 0.2) is 24.3 Å². The lowest BCUT2D eigenvalue weighted by atomic mass is 10.2. The number of nitrogens with zero attached hydrogens (tertiary/aromatic N) is 2. The molecule has 1 aromatic rings. The molecule has 5 nitrogen and oxygen atoms in total. The molecule has 0 radical (unpaired) electrons. The number of unbranched alkanes of at least 4 members (excludes halogenated alkanes) is 3. The third kappa shape index (κ3) is 4.87. The summed E-state index contributed by atoms with van der Waals surface area (Å²) in [5.41, 5.74) is 0.416. The van der Waals surface area contributed by atoms with Crippen LogP contribution >= 0.6 is 11.6 Å². The van der Waals surface area contributed by atoms with Crippen molar-refractivity contribution in [3.63, 3.8) is 0 Å². The molecule has 0 bridgehead atoms. The van der Waals surface area contributed by atoms with E-state index in [9.17, 15) is 14.9 Å². The zero-order valence-corrected chi connectivity index (χ0v) is 11.6. The minimum atomic E-state index is -0.614. The number of rotatable bonds is 7. The second-order valence-corrected chi connectivity index (χ2v) is 4.57. The molecule has 1 aromatic carbocycles. The molecular formula is C13H17ClN2O3. The molecular weight excluding hydrogens is 268 g/mol. The molecule has 0 aliphatic heterocycles. The molecule has 0 aromatic heterocycles.